The largest absolute Gasteiger partial charge is 0.328 e. The molecule has 30 heavy (non-hydrogen) atoms. The van der Waals surface area contributed by atoms with E-state index in [2.05, 4.69) is 6.92 Å². The van der Waals surface area contributed by atoms with Crippen LogP contribution >= 0.6 is 11.6 Å². The summed E-state index contributed by atoms with van der Waals surface area (Å²) in [4.78, 5) is 30.4. The maximum Gasteiger partial charge on any atom is 0.250 e. The third kappa shape index (κ3) is 4.22. The molecule has 0 N–H and O–H groups in total. The van der Waals surface area contributed by atoms with Gasteiger partial charge >= 0.3 is 0 Å². The van der Waals surface area contributed by atoms with Gasteiger partial charge in [0, 0.05) is 17.6 Å². The number of rotatable bonds is 4. The molecule has 2 fully saturated rings. The number of benzene rings is 2. The van der Waals surface area contributed by atoms with Crippen molar-refractivity contribution in [2.45, 2.75) is 51.2 Å². The highest BCUT2D eigenvalue weighted by Crippen LogP contribution is 2.35. The third-order valence-electron chi connectivity index (χ3n) is 6.37. The third-order valence-corrected chi connectivity index (χ3v) is 6.63. The van der Waals surface area contributed by atoms with Crippen molar-refractivity contribution < 1.29 is 14.0 Å². The Morgan fingerprint density at radius 1 is 1.00 bits per heavy atom. The van der Waals surface area contributed by atoms with E-state index in [1.807, 2.05) is 12.1 Å². The second-order valence-corrected chi connectivity index (χ2v) is 8.83. The topological polar surface area (TPSA) is 40.6 Å². The Kier molecular flexibility index (Phi) is 6.09. The van der Waals surface area contributed by atoms with Gasteiger partial charge in [-0.15, -0.1) is 0 Å². The lowest BCUT2D eigenvalue weighted by molar-refractivity contribution is -0.161. The Hall–Kier alpha value is -2.40. The van der Waals surface area contributed by atoms with Crippen LogP contribution < -0.4 is 0 Å². The summed E-state index contributed by atoms with van der Waals surface area (Å²) < 4.78 is 13.3. The molecule has 0 spiro atoms. The Bertz CT molecular complexity index is 916. The van der Waals surface area contributed by atoms with E-state index in [0.29, 0.717) is 10.9 Å². The zero-order valence-electron chi connectivity index (χ0n) is 17.1. The van der Waals surface area contributed by atoms with Gasteiger partial charge in [-0.05, 0) is 54.2 Å². The summed E-state index contributed by atoms with van der Waals surface area (Å²) in [6, 6.07) is 12.6. The van der Waals surface area contributed by atoms with E-state index in [4.69, 9.17) is 11.6 Å². The van der Waals surface area contributed by atoms with E-state index < -0.39 is 6.04 Å². The SMILES string of the molecule is CC1CCCCC1N1CC(=O)N(Cc2ccc(F)cc2)C(c2ccc(Cl)cc2)C1=O. The normalized spacial score (nSPS) is 25.0. The molecule has 2 aromatic carbocycles. The number of nitrogens with zero attached hydrogens (tertiary/aromatic N) is 2. The summed E-state index contributed by atoms with van der Waals surface area (Å²) in [7, 11) is 0. The molecule has 2 amide bonds. The van der Waals surface area contributed by atoms with Crippen molar-refractivity contribution in [3.63, 3.8) is 0 Å². The number of amides is 2. The van der Waals surface area contributed by atoms with Crippen LogP contribution in [-0.4, -0.2) is 34.2 Å². The molecule has 1 saturated carbocycles. The zero-order valence-corrected chi connectivity index (χ0v) is 17.8. The Morgan fingerprint density at radius 3 is 2.33 bits per heavy atom. The highest BCUT2D eigenvalue weighted by atomic mass is 35.5. The molecule has 158 valence electrons. The van der Waals surface area contributed by atoms with Crippen LogP contribution in [0, 0.1) is 11.7 Å². The van der Waals surface area contributed by atoms with Crippen LogP contribution in [0.4, 0.5) is 4.39 Å². The molecule has 0 bridgehead atoms. The standard InChI is InChI=1S/C24H26ClFN2O2/c1-16-4-2-3-5-21(16)27-15-22(29)28(14-17-6-12-20(26)13-7-17)23(24(27)30)18-8-10-19(25)11-9-18/h6-13,16,21,23H,2-5,14-15H2,1H3. The highest BCUT2D eigenvalue weighted by Gasteiger charge is 2.44. The molecule has 0 radical (unpaired) electrons. The van der Waals surface area contributed by atoms with Crippen molar-refractivity contribution in [2.24, 2.45) is 5.92 Å². The second kappa shape index (κ2) is 8.76. The number of hydrogen-bond donors (Lipinski definition) is 0. The van der Waals surface area contributed by atoms with Crippen molar-refractivity contribution in [3.8, 4) is 0 Å². The Balaban J connectivity index is 1.68. The molecule has 1 saturated heterocycles. The molecule has 4 nitrogen and oxygen atoms in total. The van der Waals surface area contributed by atoms with Crippen molar-refractivity contribution in [1.29, 1.82) is 0 Å². The van der Waals surface area contributed by atoms with E-state index in [0.717, 1.165) is 30.4 Å². The van der Waals surface area contributed by atoms with E-state index in [9.17, 15) is 14.0 Å². The molecule has 1 aliphatic heterocycles. The minimum atomic E-state index is -0.706. The minimum absolute atomic E-state index is 0.0437. The number of hydrogen-bond acceptors (Lipinski definition) is 2. The fraction of sp³-hybridized carbons (Fsp3) is 0.417. The molecule has 2 aliphatic rings. The summed E-state index contributed by atoms with van der Waals surface area (Å²) in [5.74, 6) is -0.0778. The maximum absolute atomic E-state index is 13.7. The maximum atomic E-state index is 13.7. The van der Waals surface area contributed by atoms with Crippen LogP contribution in [0.5, 0.6) is 0 Å². The molecule has 4 rings (SSSR count). The van der Waals surface area contributed by atoms with E-state index in [1.165, 1.54) is 18.6 Å². The Labute approximate surface area is 181 Å². The number of halogens is 2. The highest BCUT2D eigenvalue weighted by molar-refractivity contribution is 6.30. The first-order valence-electron chi connectivity index (χ1n) is 10.5. The number of carbonyl (C=O) groups is 2. The first kappa shape index (κ1) is 20.9. The minimum Gasteiger partial charge on any atom is -0.328 e. The smallest absolute Gasteiger partial charge is 0.250 e. The first-order valence-corrected chi connectivity index (χ1v) is 10.9. The first-order chi connectivity index (χ1) is 14.4. The van der Waals surface area contributed by atoms with E-state index in [1.54, 1.807) is 34.1 Å². The van der Waals surface area contributed by atoms with E-state index in [-0.39, 0.29) is 36.8 Å². The summed E-state index contributed by atoms with van der Waals surface area (Å²) in [5.41, 5.74) is 1.53. The zero-order chi connectivity index (χ0) is 21.3. The lowest BCUT2D eigenvalue weighted by Crippen LogP contribution is -2.59. The lowest BCUT2D eigenvalue weighted by Gasteiger charge is -2.46. The van der Waals surface area contributed by atoms with Gasteiger partial charge in [0.05, 0.1) is 0 Å². The molecule has 3 unspecified atom stereocenters. The van der Waals surface area contributed by atoms with Gasteiger partial charge in [0.1, 0.15) is 18.4 Å². The quantitative estimate of drug-likeness (QED) is 0.689. The molecule has 1 aliphatic carbocycles. The van der Waals surface area contributed by atoms with Gasteiger partial charge in [0.15, 0.2) is 0 Å². The van der Waals surface area contributed by atoms with Crippen molar-refractivity contribution in [2.75, 3.05) is 6.54 Å². The number of carbonyl (C=O) groups excluding carboxylic acids is 2. The van der Waals surface area contributed by atoms with Crippen LogP contribution in [-0.2, 0) is 16.1 Å². The van der Waals surface area contributed by atoms with Crippen molar-refractivity contribution in [3.05, 3.63) is 70.5 Å². The van der Waals surface area contributed by atoms with Gasteiger partial charge in [-0.3, -0.25) is 9.59 Å². The van der Waals surface area contributed by atoms with Crippen LogP contribution in [0.25, 0.3) is 0 Å². The van der Waals surface area contributed by atoms with Gasteiger partial charge in [-0.1, -0.05) is 55.6 Å². The predicted molar refractivity (Wildman–Crippen MR) is 114 cm³/mol. The van der Waals surface area contributed by atoms with Gasteiger partial charge < -0.3 is 9.80 Å². The predicted octanol–water partition coefficient (Wildman–Crippen LogP) is 4.97. The van der Waals surface area contributed by atoms with Crippen molar-refractivity contribution in [1.82, 2.24) is 9.80 Å². The average Bonchev–Trinajstić information content (AvgIpc) is 2.74. The van der Waals surface area contributed by atoms with Gasteiger partial charge in [-0.2, -0.15) is 0 Å². The molecule has 0 aromatic heterocycles. The van der Waals surface area contributed by atoms with Crippen molar-refractivity contribution >= 4 is 23.4 Å². The summed E-state index contributed by atoms with van der Waals surface area (Å²) in [6.07, 6.45) is 4.27. The van der Waals surface area contributed by atoms with E-state index >= 15 is 0 Å². The fourth-order valence-corrected chi connectivity index (χ4v) is 4.85. The fourth-order valence-electron chi connectivity index (χ4n) is 4.72. The summed E-state index contributed by atoms with van der Waals surface area (Å²) in [6.45, 7) is 2.52. The number of piperazine rings is 1. The summed E-state index contributed by atoms with van der Waals surface area (Å²) >= 11 is 6.05. The summed E-state index contributed by atoms with van der Waals surface area (Å²) in [5, 5.41) is 0.580. The van der Waals surface area contributed by atoms with Crippen LogP contribution in [0.1, 0.15) is 49.8 Å². The van der Waals surface area contributed by atoms with Crippen LogP contribution in [0.15, 0.2) is 48.5 Å². The monoisotopic (exact) mass is 428 g/mol. The molecule has 3 atom stereocenters. The molecule has 2 aromatic rings. The Morgan fingerprint density at radius 2 is 1.67 bits per heavy atom. The van der Waals surface area contributed by atoms with Crippen LogP contribution in [0.3, 0.4) is 0 Å². The van der Waals surface area contributed by atoms with Gasteiger partial charge in [-0.25, -0.2) is 4.39 Å². The van der Waals surface area contributed by atoms with Crippen LogP contribution in [0.2, 0.25) is 5.02 Å². The van der Waals surface area contributed by atoms with Gasteiger partial charge in [0.2, 0.25) is 5.91 Å². The average molecular weight is 429 g/mol. The molecule has 1 heterocycles. The van der Waals surface area contributed by atoms with Gasteiger partial charge in [0.25, 0.3) is 5.91 Å². The molecular weight excluding hydrogens is 403 g/mol. The second-order valence-electron chi connectivity index (χ2n) is 8.40. The lowest BCUT2D eigenvalue weighted by atomic mass is 9.83. The molecular formula is C24H26ClFN2O2. The molecule has 6 heteroatoms.